The van der Waals surface area contributed by atoms with E-state index >= 15 is 0 Å². The molecule has 178 valence electrons. The zero-order valence-corrected chi connectivity index (χ0v) is 19.5. The van der Waals surface area contributed by atoms with E-state index in [0.717, 1.165) is 55.1 Å². The van der Waals surface area contributed by atoms with Gasteiger partial charge in [-0.1, -0.05) is 12.1 Å². The Balaban J connectivity index is 1.27. The molecule has 3 amide bonds. The summed E-state index contributed by atoms with van der Waals surface area (Å²) in [6, 6.07) is 5.56. The molecule has 0 saturated carbocycles. The summed E-state index contributed by atoms with van der Waals surface area (Å²) in [5, 5.41) is 5.78. The van der Waals surface area contributed by atoms with Gasteiger partial charge in [0.25, 0.3) is 5.91 Å². The van der Waals surface area contributed by atoms with Crippen LogP contribution in [0.15, 0.2) is 18.2 Å². The van der Waals surface area contributed by atoms with Crippen LogP contribution in [0.4, 0.5) is 9.80 Å². The molecule has 1 saturated heterocycles. The maximum absolute atomic E-state index is 12.3. The van der Waals surface area contributed by atoms with Crippen LogP contribution in [-0.4, -0.2) is 54.0 Å². The van der Waals surface area contributed by atoms with Crippen LogP contribution < -0.4 is 25.8 Å². The van der Waals surface area contributed by atoms with Crippen LogP contribution >= 0.6 is 11.5 Å². The number of amides is 3. The number of nitrogens with one attached hydrogen (secondary N) is 2. The monoisotopic (exact) mass is 473 g/mol. The van der Waals surface area contributed by atoms with Gasteiger partial charge < -0.3 is 25.4 Å². The second-order valence-electron chi connectivity index (χ2n) is 8.38. The molecule has 9 nitrogen and oxygen atoms in total. The Morgan fingerprint density at radius 1 is 1.21 bits per heavy atom. The fourth-order valence-electron chi connectivity index (χ4n) is 4.12. The van der Waals surface area contributed by atoms with E-state index in [9.17, 15) is 9.59 Å². The first-order chi connectivity index (χ1) is 16.1. The molecule has 4 rings (SSSR count). The third-order valence-electron chi connectivity index (χ3n) is 5.87. The molecule has 33 heavy (non-hydrogen) atoms. The number of hydrogen-bond donors (Lipinski definition) is 3. The number of urea groups is 1. The highest BCUT2D eigenvalue weighted by Gasteiger charge is 2.22. The maximum Gasteiger partial charge on any atom is 0.319 e. The molecule has 0 spiro atoms. The number of anilines is 1. The second-order valence-corrected chi connectivity index (χ2v) is 9.15. The van der Waals surface area contributed by atoms with Crippen LogP contribution in [0.1, 0.15) is 53.6 Å². The summed E-state index contributed by atoms with van der Waals surface area (Å²) < 4.78 is 15.7. The number of aryl methyl sites for hydroxylation is 1. The van der Waals surface area contributed by atoms with Crippen LogP contribution in [0.3, 0.4) is 0 Å². The van der Waals surface area contributed by atoms with E-state index in [-0.39, 0.29) is 29.1 Å². The van der Waals surface area contributed by atoms with E-state index in [2.05, 4.69) is 19.9 Å². The molecule has 0 aliphatic carbocycles. The Bertz CT molecular complexity index is 974. The summed E-state index contributed by atoms with van der Waals surface area (Å²) in [5.41, 5.74) is 7.72. The maximum atomic E-state index is 12.3. The minimum Gasteiger partial charge on any atom is -0.493 e. The molecule has 0 atom stereocenters. The lowest BCUT2D eigenvalue weighted by molar-refractivity contribution is 0.0996. The largest absolute Gasteiger partial charge is 0.493 e. The van der Waals surface area contributed by atoms with Crippen molar-refractivity contribution in [2.45, 2.75) is 45.1 Å². The number of hydrogen-bond acceptors (Lipinski definition) is 7. The van der Waals surface area contributed by atoms with Crippen molar-refractivity contribution < 1.29 is 19.1 Å². The van der Waals surface area contributed by atoms with Crippen molar-refractivity contribution in [2.24, 2.45) is 5.73 Å². The average Bonchev–Trinajstić information content (AvgIpc) is 3.47. The van der Waals surface area contributed by atoms with Crippen molar-refractivity contribution in [3.63, 3.8) is 0 Å². The van der Waals surface area contributed by atoms with Gasteiger partial charge in [-0.05, 0) is 86.9 Å². The number of nitrogens with zero attached hydrogens (tertiary/aromatic N) is 2. The Kier molecular flexibility index (Phi) is 8.01. The number of benzene rings is 1. The Morgan fingerprint density at radius 2 is 2.06 bits per heavy atom. The van der Waals surface area contributed by atoms with Gasteiger partial charge in [0, 0.05) is 6.54 Å². The summed E-state index contributed by atoms with van der Waals surface area (Å²) in [6.07, 6.45) is 6.53. The van der Waals surface area contributed by atoms with Crippen LogP contribution in [0.5, 0.6) is 11.6 Å². The smallest absolute Gasteiger partial charge is 0.319 e. The first-order valence-corrected chi connectivity index (χ1v) is 12.3. The van der Waals surface area contributed by atoms with Gasteiger partial charge in [-0.2, -0.15) is 4.37 Å². The minimum absolute atomic E-state index is 0.0818. The third-order valence-corrected chi connectivity index (χ3v) is 6.62. The van der Waals surface area contributed by atoms with Gasteiger partial charge >= 0.3 is 6.03 Å². The van der Waals surface area contributed by atoms with E-state index in [1.54, 1.807) is 0 Å². The van der Waals surface area contributed by atoms with Crippen LogP contribution in [0, 0.1) is 0 Å². The second kappa shape index (κ2) is 11.3. The van der Waals surface area contributed by atoms with Gasteiger partial charge in [-0.25, -0.2) is 4.79 Å². The summed E-state index contributed by atoms with van der Waals surface area (Å²) in [5.74, 6) is 0.288. The number of unbranched alkanes of at least 4 members (excludes halogenated alkanes) is 1. The predicted octanol–water partition coefficient (Wildman–Crippen LogP) is 3.14. The molecule has 1 aromatic heterocycles. The highest BCUT2D eigenvalue weighted by molar-refractivity contribution is 7.11. The van der Waals surface area contributed by atoms with E-state index < -0.39 is 5.91 Å². The molecular weight excluding hydrogens is 442 g/mol. The summed E-state index contributed by atoms with van der Waals surface area (Å²) >= 11 is 0.972. The SMILES string of the molecule is NC(=O)c1c(OCc2ccc3c(c2)OCCC3)nsc1NC(=O)NCCCCN1CCCC1. The van der Waals surface area contributed by atoms with E-state index in [1.165, 1.54) is 31.5 Å². The molecule has 4 N–H and O–H groups in total. The molecule has 1 aromatic carbocycles. The number of aromatic nitrogens is 1. The zero-order chi connectivity index (χ0) is 23.0. The van der Waals surface area contributed by atoms with Crippen molar-refractivity contribution in [2.75, 3.05) is 38.1 Å². The molecule has 2 aromatic rings. The molecule has 0 radical (unpaired) electrons. The molecule has 3 heterocycles. The number of ether oxygens (including phenoxy) is 2. The third kappa shape index (κ3) is 6.35. The van der Waals surface area contributed by atoms with Crippen molar-refractivity contribution in [3.05, 3.63) is 34.9 Å². The first-order valence-electron chi connectivity index (χ1n) is 11.5. The molecule has 0 bridgehead atoms. The first kappa shape index (κ1) is 23.3. The molecule has 2 aliphatic heterocycles. The summed E-state index contributed by atoms with van der Waals surface area (Å²) in [6.45, 7) is 4.92. The Morgan fingerprint density at radius 3 is 2.88 bits per heavy atom. The number of carbonyl (C=O) groups excluding carboxylic acids is 2. The number of likely N-dealkylation sites (tertiary alicyclic amines) is 1. The molecule has 10 heteroatoms. The predicted molar refractivity (Wildman–Crippen MR) is 127 cm³/mol. The summed E-state index contributed by atoms with van der Waals surface area (Å²) in [7, 11) is 0. The fraction of sp³-hybridized carbons (Fsp3) is 0.522. The molecule has 2 aliphatic rings. The number of primary amides is 1. The van der Waals surface area contributed by atoms with E-state index in [4.69, 9.17) is 15.2 Å². The number of nitrogens with two attached hydrogens (primary N) is 1. The highest BCUT2D eigenvalue weighted by atomic mass is 32.1. The quantitative estimate of drug-likeness (QED) is 0.456. The van der Waals surface area contributed by atoms with Gasteiger partial charge in [0.1, 0.15) is 22.9 Å². The van der Waals surface area contributed by atoms with Crippen LogP contribution in [-0.2, 0) is 13.0 Å². The van der Waals surface area contributed by atoms with Gasteiger partial charge in [-0.3, -0.25) is 10.1 Å². The molecule has 0 unspecified atom stereocenters. The standard InChI is InChI=1S/C23H31N5O4S/c24-20(29)19-21(32-15-16-7-8-17-6-5-13-31-18(17)14-16)27-33-22(19)26-23(30)25-9-1-2-10-28-11-3-4-12-28/h7-8,14H,1-6,9-13,15H2,(H2,24,29)(H2,25,26,30). The van der Waals surface area contributed by atoms with Crippen molar-refractivity contribution in [1.82, 2.24) is 14.6 Å². The van der Waals surface area contributed by atoms with Crippen LogP contribution in [0.25, 0.3) is 0 Å². The van der Waals surface area contributed by atoms with Crippen molar-refractivity contribution in [1.29, 1.82) is 0 Å². The Hall–Kier alpha value is -2.85. The Labute approximate surface area is 197 Å². The summed E-state index contributed by atoms with van der Waals surface area (Å²) in [4.78, 5) is 26.8. The van der Waals surface area contributed by atoms with Gasteiger partial charge in [0.2, 0.25) is 5.88 Å². The number of rotatable bonds is 10. The fourth-order valence-corrected chi connectivity index (χ4v) is 4.85. The van der Waals surface area contributed by atoms with Gasteiger partial charge in [0.05, 0.1) is 6.61 Å². The number of carbonyl (C=O) groups is 2. The van der Waals surface area contributed by atoms with Gasteiger partial charge in [-0.15, -0.1) is 0 Å². The lowest BCUT2D eigenvalue weighted by Gasteiger charge is -2.17. The lowest BCUT2D eigenvalue weighted by Crippen LogP contribution is -2.30. The van der Waals surface area contributed by atoms with Crippen molar-refractivity contribution in [3.8, 4) is 11.6 Å². The molecule has 1 fully saturated rings. The topological polar surface area (TPSA) is 119 Å². The van der Waals surface area contributed by atoms with Crippen LogP contribution in [0.2, 0.25) is 0 Å². The van der Waals surface area contributed by atoms with E-state index in [1.807, 2.05) is 18.2 Å². The van der Waals surface area contributed by atoms with Crippen molar-refractivity contribution >= 4 is 28.5 Å². The van der Waals surface area contributed by atoms with E-state index in [0.29, 0.717) is 13.2 Å². The average molecular weight is 474 g/mol. The molecular formula is C23H31N5O4S. The zero-order valence-electron chi connectivity index (χ0n) is 18.7. The lowest BCUT2D eigenvalue weighted by atomic mass is 10.0. The minimum atomic E-state index is -0.701. The van der Waals surface area contributed by atoms with Gasteiger partial charge in [0.15, 0.2) is 0 Å². The number of fused-ring (bicyclic) bond motifs is 1. The normalized spacial score (nSPS) is 15.5. The highest BCUT2D eigenvalue weighted by Crippen LogP contribution is 2.31.